The molecule has 1 heterocycles. The first-order valence-electron chi connectivity index (χ1n) is 8.89. The summed E-state index contributed by atoms with van der Waals surface area (Å²) in [5.41, 5.74) is -1.82. The van der Waals surface area contributed by atoms with Gasteiger partial charge in [-0.3, -0.25) is 14.9 Å². The fourth-order valence-corrected chi connectivity index (χ4v) is 3.75. The molecule has 0 N–H and O–H groups in total. The third-order valence-electron chi connectivity index (χ3n) is 3.96. The second-order valence-corrected chi connectivity index (χ2v) is 8.02. The van der Waals surface area contributed by atoms with Gasteiger partial charge in [0.25, 0.3) is 11.2 Å². The second-order valence-electron chi connectivity index (χ2n) is 6.07. The van der Waals surface area contributed by atoms with E-state index in [0.29, 0.717) is 0 Å². The van der Waals surface area contributed by atoms with Gasteiger partial charge in [0.2, 0.25) is 5.69 Å². The number of hydrogen-bond donors (Lipinski definition) is 0. The van der Waals surface area contributed by atoms with Crippen LogP contribution in [0, 0.1) is 10.1 Å². The quantitative estimate of drug-likeness (QED) is 0.216. The summed E-state index contributed by atoms with van der Waals surface area (Å²) in [7, 11) is -4.67. The second kappa shape index (κ2) is 9.16. The van der Waals surface area contributed by atoms with Crippen molar-refractivity contribution in [1.82, 2.24) is 9.78 Å². The van der Waals surface area contributed by atoms with Crippen molar-refractivity contribution in [3.63, 3.8) is 0 Å². The van der Waals surface area contributed by atoms with Crippen LogP contribution in [0.5, 0.6) is 5.75 Å². The van der Waals surface area contributed by atoms with E-state index in [1.165, 1.54) is 19.1 Å². The minimum absolute atomic E-state index is 0.0667. The Bertz CT molecular complexity index is 1370. The third-order valence-corrected chi connectivity index (χ3v) is 5.51. The Labute approximate surface area is 186 Å². The highest BCUT2D eigenvalue weighted by molar-refractivity contribution is 7.87. The van der Waals surface area contributed by atoms with Gasteiger partial charge in [-0.15, -0.1) is 0 Å². The minimum atomic E-state index is -4.67. The van der Waals surface area contributed by atoms with Gasteiger partial charge >= 0.3 is 16.1 Å². The van der Waals surface area contributed by atoms with Crippen molar-refractivity contribution < 1.29 is 27.1 Å². The Balaban J connectivity index is 2.13. The average molecular weight is 480 g/mol. The number of carbonyl (C=O) groups excluding carboxylic acids is 1. The van der Waals surface area contributed by atoms with Crippen LogP contribution in [-0.4, -0.2) is 35.7 Å². The highest BCUT2D eigenvalue weighted by Crippen LogP contribution is 2.25. The zero-order valence-electron chi connectivity index (χ0n) is 16.3. The Morgan fingerprint density at radius 3 is 2.56 bits per heavy atom. The Morgan fingerprint density at radius 2 is 1.91 bits per heavy atom. The minimum Gasteiger partial charge on any atom is -0.461 e. The zero-order valence-corrected chi connectivity index (χ0v) is 17.9. The van der Waals surface area contributed by atoms with E-state index in [4.69, 9.17) is 20.5 Å². The van der Waals surface area contributed by atoms with Gasteiger partial charge in [-0.2, -0.15) is 18.2 Å². The number of nitrogens with zero attached hydrogens (tertiary/aromatic N) is 3. The van der Waals surface area contributed by atoms with Crippen molar-refractivity contribution in [3.8, 4) is 11.4 Å². The summed E-state index contributed by atoms with van der Waals surface area (Å²) in [6.45, 7) is 1.45. The van der Waals surface area contributed by atoms with Gasteiger partial charge in [0.1, 0.15) is 4.90 Å². The predicted octanol–water partition coefficient (Wildman–Crippen LogP) is 2.74. The van der Waals surface area contributed by atoms with Crippen molar-refractivity contribution in [2.75, 3.05) is 6.61 Å². The van der Waals surface area contributed by atoms with Crippen LogP contribution in [0.25, 0.3) is 5.69 Å². The monoisotopic (exact) mass is 479 g/mol. The molecule has 0 spiro atoms. The molecule has 2 aromatic carbocycles. The molecule has 0 bridgehead atoms. The number of rotatable bonds is 7. The van der Waals surface area contributed by atoms with Crippen LogP contribution < -0.4 is 9.74 Å². The Kier molecular flexibility index (Phi) is 6.55. The van der Waals surface area contributed by atoms with E-state index < -0.39 is 48.6 Å². The molecule has 32 heavy (non-hydrogen) atoms. The molecule has 3 rings (SSSR count). The largest absolute Gasteiger partial charge is 0.461 e. The molecule has 0 aliphatic carbocycles. The number of non-ortho nitro benzene ring substituents is 1. The lowest BCUT2D eigenvalue weighted by Gasteiger charge is -2.13. The van der Waals surface area contributed by atoms with Crippen LogP contribution in [0.4, 0.5) is 5.69 Å². The van der Waals surface area contributed by atoms with E-state index in [1.54, 1.807) is 12.1 Å². The first kappa shape index (κ1) is 22.9. The fraction of sp³-hybridized carbons (Fsp3) is 0.105. The Morgan fingerprint density at radius 1 is 1.19 bits per heavy atom. The van der Waals surface area contributed by atoms with Crippen molar-refractivity contribution in [2.45, 2.75) is 11.8 Å². The zero-order chi connectivity index (χ0) is 23.5. The SMILES string of the molecule is CCOC(=O)c1nn(-c2ccccc2Cl)c(=O)cc1OS(=O)(=O)c1cccc([N+](=O)[O-])c1. The molecule has 3 aromatic rings. The van der Waals surface area contributed by atoms with E-state index >= 15 is 0 Å². The summed E-state index contributed by atoms with van der Waals surface area (Å²) >= 11 is 6.09. The van der Waals surface area contributed by atoms with Crippen LogP contribution in [0.3, 0.4) is 0 Å². The molecule has 0 atom stereocenters. The molecular formula is C19H14ClN3O8S. The Hall–Kier alpha value is -3.77. The molecule has 0 saturated heterocycles. The van der Waals surface area contributed by atoms with Crippen molar-refractivity contribution >= 4 is 33.4 Å². The first-order valence-corrected chi connectivity index (χ1v) is 10.7. The van der Waals surface area contributed by atoms with Gasteiger partial charge in [-0.05, 0) is 25.1 Å². The molecular weight excluding hydrogens is 466 g/mol. The van der Waals surface area contributed by atoms with E-state index in [0.717, 1.165) is 35.0 Å². The number of nitro groups is 1. The predicted molar refractivity (Wildman–Crippen MR) is 112 cm³/mol. The topological polar surface area (TPSA) is 148 Å². The summed E-state index contributed by atoms with van der Waals surface area (Å²) < 4.78 is 36.0. The van der Waals surface area contributed by atoms with Gasteiger partial charge in [-0.25, -0.2) is 4.79 Å². The highest BCUT2D eigenvalue weighted by atomic mass is 35.5. The van der Waals surface area contributed by atoms with E-state index in [9.17, 15) is 28.1 Å². The van der Waals surface area contributed by atoms with E-state index in [1.807, 2.05) is 0 Å². The fourth-order valence-electron chi connectivity index (χ4n) is 2.56. The molecule has 0 fully saturated rings. The van der Waals surface area contributed by atoms with Gasteiger partial charge in [-0.1, -0.05) is 29.8 Å². The van der Waals surface area contributed by atoms with Crippen molar-refractivity contribution in [3.05, 3.63) is 85.8 Å². The molecule has 0 amide bonds. The van der Waals surface area contributed by atoms with E-state index in [2.05, 4.69) is 5.10 Å². The summed E-state index contributed by atoms with van der Waals surface area (Å²) in [6, 6.07) is 11.0. The van der Waals surface area contributed by atoms with Crippen LogP contribution in [-0.2, 0) is 14.9 Å². The number of benzene rings is 2. The molecule has 0 aliphatic heterocycles. The summed E-state index contributed by atoms with van der Waals surface area (Å²) in [4.78, 5) is 34.6. The molecule has 11 nitrogen and oxygen atoms in total. The van der Waals surface area contributed by atoms with Gasteiger partial charge < -0.3 is 8.92 Å². The number of halogens is 1. The number of para-hydroxylation sites is 1. The third kappa shape index (κ3) is 4.76. The van der Waals surface area contributed by atoms with Gasteiger partial charge in [0, 0.05) is 12.1 Å². The summed E-state index contributed by atoms with van der Waals surface area (Å²) in [5, 5.41) is 15.0. The number of ether oxygens (including phenoxy) is 1. The maximum absolute atomic E-state index is 12.7. The normalized spacial score (nSPS) is 11.1. The number of carbonyl (C=O) groups is 1. The molecule has 0 saturated carbocycles. The van der Waals surface area contributed by atoms with Crippen LogP contribution >= 0.6 is 11.6 Å². The summed E-state index contributed by atoms with van der Waals surface area (Å²) in [5.74, 6) is -1.76. The van der Waals surface area contributed by atoms with Gasteiger partial charge in [0.05, 0.1) is 28.3 Å². The summed E-state index contributed by atoms with van der Waals surface area (Å²) in [6.07, 6.45) is 0. The van der Waals surface area contributed by atoms with E-state index in [-0.39, 0.29) is 17.3 Å². The maximum atomic E-state index is 12.7. The highest BCUT2D eigenvalue weighted by Gasteiger charge is 2.27. The smallest absolute Gasteiger partial charge is 0.362 e. The number of hydrogen-bond acceptors (Lipinski definition) is 9. The molecule has 1 aromatic heterocycles. The van der Waals surface area contributed by atoms with Crippen LogP contribution in [0.2, 0.25) is 5.02 Å². The van der Waals surface area contributed by atoms with Crippen molar-refractivity contribution in [2.24, 2.45) is 0 Å². The lowest BCUT2D eigenvalue weighted by molar-refractivity contribution is -0.385. The van der Waals surface area contributed by atoms with Crippen LogP contribution in [0.15, 0.2) is 64.3 Å². The standard InChI is InChI=1S/C19H14ClN3O8S/c1-2-30-19(25)18-16(11-17(24)22(21-18)15-9-4-3-8-14(15)20)31-32(28,29)13-7-5-6-12(10-13)23(26)27/h3-11H,2H2,1H3. The maximum Gasteiger partial charge on any atom is 0.362 e. The molecule has 13 heteroatoms. The first-order chi connectivity index (χ1) is 15.1. The molecule has 166 valence electrons. The van der Waals surface area contributed by atoms with Gasteiger partial charge in [0.15, 0.2) is 5.75 Å². The lowest BCUT2D eigenvalue weighted by atomic mass is 10.3. The molecule has 0 unspecified atom stereocenters. The van der Waals surface area contributed by atoms with Crippen LogP contribution in [0.1, 0.15) is 17.4 Å². The molecule has 0 radical (unpaired) electrons. The average Bonchev–Trinajstić information content (AvgIpc) is 2.74. The number of nitro benzene ring substituents is 1. The number of aromatic nitrogens is 2. The van der Waals surface area contributed by atoms with Crippen molar-refractivity contribution in [1.29, 1.82) is 0 Å². The lowest BCUT2D eigenvalue weighted by Crippen LogP contribution is -2.26. The number of esters is 1. The molecule has 0 aliphatic rings.